The third-order valence-electron chi connectivity index (χ3n) is 8.08. The van der Waals surface area contributed by atoms with Crippen LogP contribution in [0.3, 0.4) is 0 Å². The van der Waals surface area contributed by atoms with Crippen molar-refractivity contribution in [3.8, 4) is 0 Å². The van der Waals surface area contributed by atoms with Crippen molar-refractivity contribution in [1.82, 2.24) is 29.8 Å². The molecule has 41 heavy (non-hydrogen) atoms. The van der Waals surface area contributed by atoms with E-state index in [2.05, 4.69) is 61.2 Å². The molecule has 9 nitrogen and oxygen atoms in total. The summed E-state index contributed by atoms with van der Waals surface area (Å²) in [5.41, 5.74) is 2.04. The molecule has 0 saturated carbocycles. The first kappa shape index (κ1) is 28.6. The van der Waals surface area contributed by atoms with Crippen molar-refractivity contribution in [3.63, 3.8) is 0 Å². The molecule has 0 atom stereocenters. The van der Waals surface area contributed by atoms with Crippen molar-refractivity contribution in [3.05, 3.63) is 125 Å². The fourth-order valence-corrected chi connectivity index (χ4v) is 6.27. The highest BCUT2D eigenvalue weighted by Crippen LogP contribution is 2.41. The predicted octanol–water partition coefficient (Wildman–Crippen LogP) is 3.86. The Hall–Kier alpha value is -3.91. The highest BCUT2D eigenvalue weighted by Gasteiger charge is 2.44. The van der Waals surface area contributed by atoms with Crippen molar-refractivity contribution in [2.75, 3.05) is 32.4 Å². The fourth-order valence-electron chi connectivity index (χ4n) is 5.81. The van der Waals surface area contributed by atoms with E-state index in [9.17, 15) is 8.42 Å². The van der Waals surface area contributed by atoms with Gasteiger partial charge in [-0.1, -0.05) is 91.0 Å². The van der Waals surface area contributed by atoms with Gasteiger partial charge in [0.2, 0.25) is 10.0 Å². The van der Waals surface area contributed by atoms with Crippen molar-refractivity contribution in [2.45, 2.75) is 36.8 Å². The van der Waals surface area contributed by atoms with Crippen molar-refractivity contribution < 1.29 is 8.42 Å². The average Bonchev–Trinajstić information content (AvgIpc) is 3.48. The number of aromatic nitrogens is 4. The number of rotatable bonds is 11. The molecule has 1 N–H and O–H groups in total. The first-order chi connectivity index (χ1) is 19.8. The van der Waals surface area contributed by atoms with Crippen LogP contribution in [-0.4, -0.2) is 66.0 Å². The van der Waals surface area contributed by atoms with Gasteiger partial charge in [0, 0.05) is 30.6 Å². The summed E-state index contributed by atoms with van der Waals surface area (Å²) in [7, 11) is -3.29. The van der Waals surface area contributed by atoms with Gasteiger partial charge in [0.1, 0.15) is 0 Å². The van der Waals surface area contributed by atoms with Crippen LogP contribution >= 0.6 is 0 Å². The normalized spacial score (nSPS) is 15.8. The molecule has 1 aromatic heterocycles. The van der Waals surface area contributed by atoms with Crippen LogP contribution in [0, 0.1) is 6.57 Å². The molecule has 1 aliphatic rings. The zero-order chi connectivity index (χ0) is 28.8. The van der Waals surface area contributed by atoms with Crippen molar-refractivity contribution >= 4 is 10.0 Å². The summed E-state index contributed by atoms with van der Waals surface area (Å²) in [5, 5.41) is 13.4. The van der Waals surface area contributed by atoms with Gasteiger partial charge in [-0.05, 0) is 36.7 Å². The number of nitrogens with zero attached hydrogens (tertiary/aromatic N) is 6. The van der Waals surface area contributed by atoms with Gasteiger partial charge in [0.25, 0.3) is 5.54 Å². The largest absolute Gasteiger partial charge is 0.303 e. The van der Waals surface area contributed by atoms with Gasteiger partial charge in [-0.25, -0.2) is 19.7 Å². The topological polar surface area (TPSA) is 97.4 Å². The number of sulfonamides is 1. The number of piperidine rings is 1. The van der Waals surface area contributed by atoms with Gasteiger partial charge in [0.15, 0.2) is 5.82 Å². The lowest BCUT2D eigenvalue weighted by Gasteiger charge is -2.40. The van der Waals surface area contributed by atoms with Crippen LogP contribution in [0.25, 0.3) is 4.85 Å². The minimum atomic E-state index is -3.29. The van der Waals surface area contributed by atoms with E-state index in [1.807, 2.05) is 54.6 Å². The summed E-state index contributed by atoms with van der Waals surface area (Å²) < 4.78 is 25.4. The van der Waals surface area contributed by atoms with E-state index in [0.29, 0.717) is 18.8 Å². The molecule has 5 rings (SSSR count). The molecule has 1 fully saturated rings. The zero-order valence-electron chi connectivity index (χ0n) is 23.2. The Bertz CT molecular complexity index is 1520. The first-order valence-corrected chi connectivity index (χ1v) is 15.7. The second-order valence-corrected chi connectivity index (χ2v) is 12.5. The average molecular weight is 570 g/mol. The quantitative estimate of drug-likeness (QED) is 0.276. The van der Waals surface area contributed by atoms with E-state index in [1.165, 1.54) is 4.80 Å². The number of benzene rings is 3. The van der Waals surface area contributed by atoms with Crippen LogP contribution in [0.1, 0.15) is 41.8 Å². The summed E-state index contributed by atoms with van der Waals surface area (Å²) in [6, 6.07) is 30.5. The standard InChI is InChI=1S/C31H35N7O2S/c1-32-31(27-14-8-4-9-15-27,28-16-10-5-11-17-28)20-24-37-22-18-30(19-23-37,26-12-6-3-7-13-26)29-34-36-38(35-29)25-21-33-41(2,39)40/h3-17,33H,18-25H2,2H3. The lowest BCUT2D eigenvalue weighted by atomic mass is 9.72. The van der Waals surface area contributed by atoms with Crippen LogP contribution in [-0.2, 0) is 27.5 Å². The second-order valence-electron chi connectivity index (χ2n) is 10.6. The van der Waals surface area contributed by atoms with Crippen LogP contribution in [0.2, 0.25) is 0 Å². The number of hydrogen-bond acceptors (Lipinski definition) is 6. The molecule has 0 unspecified atom stereocenters. The molecule has 10 heteroatoms. The lowest BCUT2D eigenvalue weighted by Crippen LogP contribution is -2.45. The Morgan fingerprint density at radius 3 is 2.00 bits per heavy atom. The van der Waals surface area contributed by atoms with Gasteiger partial charge in [-0.15, -0.1) is 10.2 Å². The molecule has 0 spiro atoms. The lowest BCUT2D eigenvalue weighted by molar-refractivity contribution is 0.167. The molecule has 0 radical (unpaired) electrons. The van der Waals surface area contributed by atoms with E-state index in [1.54, 1.807) is 0 Å². The van der Waals surface area contributed by atoms with Crippen molar-refractivity contribution in [1.29, 1.82) is 0 Å². The minimum Gasteiger partial charge on any atom is -0.303 e. The Morgan fingerprint density at radius 2 is 1.46 bits per heavy atom. The molecule has 0 amide bonds. The van der Waals surface area contributed by atoms with Crippen molar-refractivity contribution in [2.24, 2.45) is 0 Å². The Labute approximate surface area is 242 Å². The molecule has 3 aromatic carbocycles. The number of likely N-dealkylation sites (tertiary alicyclic amines) is 1. The SMILES string of the molecule is [C-]#[N+]C(CCN1CCC(c2ccccc2)(c2nnn(CCNS(C)(=O)=O)n2)CC1)(c1ccccc1)c1ccccc1. The highest BCUT2D eigenvalue weighted by atomic mass is 32.2. The molecule has 1 saturated heterocycles. The smallest absolute Gasteiger partial charge is 0.283 e. The van der Waals surface area contributed by atoms with E-state index in [-0.39, 0.29) is 6.54 Å². The maximum atomic E-state index is 11.4. The second kappa shape index (κ2) is 12.3. The van der Waals surface area contributed by atoms with Gasteiger partial charge >= 0.3 is 0 Å². The van der Waals surface area contributed by atoms with Crippen LogP contribution in [0.15, 0.2) is 91.0 Å². The zero-order valence-corrected chi connectivity index (χ0v) is 24.0. The fraction of sp³-hybridized carbons (Fsp3) is 0.355. The van der Waals surface area contributed by atoms with Gasteiger partial charge in [-0.2, -0.15) is 4.80 Å². The minimum absolute atomic E-state index is 0.201. The Kier molecular flexibility index (Phi) is 8.59. The van der Waals surface area contributed by atoms with E-state index < -0.39 is 21.0 Å². The maximum absolute atomic E-state index is 11.4. The summed E-state index contributed by atoms with van der Waals surface area (Å²) in [5.74, 6) is 0.659. The third kappa shape index (κ3) is 6.38. The van der Waals surface area contributed by atoms with E-state index in [0.717, 1.165) is 55.4 Å². The summed E-state index contributed by atoms with van der Waals surface area (Å²) in [6.07, 6.45) is 3.44. The van der Waals surface area contributed by atoms with Gasteiger partial charge in [0.05, 0.1) is 18.2 Å². The Morgan fingerprint density at radius 1 is 0.902 bits per heavy atom. The third-order valence-corrected chi connectivity index (χ3v) is 8.80. The molecule has 0 aliphatic carbocycles. The molecule has 1 aliphatic heterocycles. The predicted molar refractivity (Wildman–Crippen MR) is 158 cm³/mol. The maximum Gasteiger partial charge on any atom is 0.283 e. The van der Waals surface area contributed by atoms with Gasteiger partial charge < -0.3 is 4.90 Å². The molecule has 2 heterocycles. The van der Waals surface area contributed by atoms with E-state index in [4.69, 9.17) is 11.7 Å². The molecule has 4 aromatic rings. The summed E-state index contributed by atoms with van der Waals surface area (Å²) in [4.78, 5) is 8.16. The van der Waals surface area contributed by atoms with E-state index >= 15 is 0 Å². The van der Waals surface area contributed by atoms with Crippen LogP contribution in [0.4, 0.5) is 0 Å². The van der Waals surface area contributed by atoms with Crippen LogP contribution in [0.5, 0.6) is 0 Å². The monoisotopic (exact) mass is 569 g/mol. The van der Waals surface area contributed by atoms with Gasteiger partial charge in [-0.3, -0.25) is 4.85 Å². The highest BCUT2D eigenvalue weighted by molar-refractivity contribution is 7.88. The molecular weight excluding hydrogens is 534 g/mol. The summed E-state index contributed by atoms with van der Waals surface area (Å²) >= 11 is 0. The molecular formula is C31H35N7O2S. The Balaban J connectivity index is 1.34. The summed E-state index contributed by atoms with van der Waals surface area (Å²) in [6.45, 7) is 11.3. The molecule has 0 bridgehead atoms. The molecule has 212 valence electrons. The van der Waals surface area contributed by atoms with Crippen LogP contribution < -0.4 is 4.72 Å². The first-order valence-electron chi connectivity index (χ1n) is 13.9. The number of nitrogens with one attached hydrogen (secondary N) is 1. The number of tetrazole rings is 1. The number of hydrogen-bond donors (Lipinski definition) is 1.